The first-order valence-electron chi connectivity index (χ1n) is 9.84. The fourth-order valence-electron chi connectivity index (χ4n) is 3.55. The Bertz CT molecular complexity index is 679. The van der Waals surface area contributed by atoms with E-state index in [9.17, 15) is 9.59 Å². The molecule has 0 radical (unpaired) electrons. The molecule has 0 bridgehead atoms. The minimum absolute atomic E-state index is 0.0404. The van der Waals surface area contributed by atoms with Gasteiger partial charge in [0.15, 0.2) is 0 Å². The van der Waals surface area contributed by atoms with Crippen molar-refractivity contribution in [2.75, 3.05) is 19.6 Å². The number of nitrogens with zero attached hydrogens (tertiary/aromatic N) is 3. The minimum atomic E-state index is 0.0404. The molecular formula is C20H31N3O2S. The van der Waals surface area contributed by atoms with Crippen molar-refractivity contribution in [2.45, 2.75) is 65.8 Å². The van der Waals surface area contributed by atoms with Crippen molar-refractivity contribution in [3.05, 3.63) is 15.6 Å². The van der Waals surface area contributed by atoms with Gasteiger partial charge in [-0.15, -0.1) is 11.3 Å². The van der Waals surface area contributed by atoms with Crippen molar-refractivity contribution < 1.29 is 9.59 Å². The molecule has 1 aromatic heterocycles. The third-order valence-corrected chi connectivity index (χ3v) is 6.88. The molecule has 144 valence electrons. The minimum Gasteiger partial charge on any atom is -0.337 e. The summed E-state index contributed by atoms with van der Waals surface area (Å²) in [6.07, 6.45) is 2.89. The van der Waals surface area contributed by atoms with Crippen molar-refractivity contribution in [3.8, 4) is 0 Å². The van der Waals surface area contributed by atoms with E-state index in [0.717, 1.165) is 22.1 Å². The first-order valence-corrected chi connectivity index (χ1v) is 10.7. The Morgan fingerprint density at radius 2 is 1.96 bits per heavy atom. The number of carbonyl (C=O) groups is 2. The highest BCUT2D eigenvalue weighted by atomic mass is 32.1. The number of thiazole rings is 1. The molecule has 0 N–H and O–H groups in total. The summed E-state index contributed by atoms with van der Waals surface area (Å²) in [6.45, 7) is 12.4. The molecule has 0 spiro atoms. The predicted octanol–water partition coefficient (Wildman–Crippen LogP) is 3.68. The normalized spacial score (nSPS) is 21.7. The number of aryl methyl sites for hydroxylation is 1. The predicted molar refractivity (Wildman–Crippen MR) is 105 cm³/mol. The zero-order chi connectivity index (χ0) is 19.0. The number of rotatable bonds is 5. The second kappa shape index (κ2) is 7.67. The van der Waals surface area contributed by atoms with E-state index in [1.54, 1.807) is 0 Å². The Labute approximate surface area is 160 Å². The summed E-state index contributed by atoms with van der Waals surface area (Å²) in [4.78, 5) is 35.2. The van der Waals surface area contributed by atoms with Crippen LogP contribution in [-0.2, 0) is 4.79 Å². The van der Waals surface area contributed by atoms with Gasteiger partial charge >= 0.3 is 0 Å². The summed E-state index contributed by atoms with van der Waals surface area (Å²) >= 11 is 1.51. The third-order valence-electron chi connectivity index (χ3n) is 5.43. The Morgan fingerprint density at radius 3 is 2.50 bits per heavy atom. The fourth-order valence-corrected chi connectivity index (χ4v) is 4.59. The van der Waals surface area contributed by atoms with E-state index >= 15 is 0 Å². The second-order valence-corrected chi connectivity index (χ2v) is 9.45. The SMILES string of the molecule is Cc1nc(C(C)C)sc1C(=O)N1CCC(=O)N(CC2CC2)[C@H](C(C)C)C1. The highest BCUT2D eigenvalue weighted by molar-refractivity contribution is 7.13. The lowest BCUT2D eigenvalue weighted by Crippen LogP contribution is -2.48. The van der Waals surface area contributed by atoms with E-state index in [4.69, 9.17) is 0 Å². The number of carbonyl (C=O) groups excluding carboxylic acids is 2. The van der Waals surface area contributed by atoms with Crippen molar-refractivity contribution >= 4 is 23.2 Å². The van der Waals surface area contributed by atoms with Crippen LogP contribution >= 0.6 is 11.3 Å². The smallest absolute Gasteiger partial charge is 0.265 e. The van der Waals surface area contributed by atoms with Gasteiger partial charge in [-0.05, 0) is 31.6 Å². The molecule has 1 saturated carbocycles. The summed E-state index contributed by atoms with van der Waals surface area (Å²) in [5, 5.41) is 1.01. The average Bonchev–Trinajstić information content (AvgIpc) is 3.33. The van der Waals surface area contributed by atoms with Gasteiger partial charge in [-0.25, -0.2) is 4.98 Å². The molecule has 3 rings (SSSR count). The molecule has 5 nitrogen and oxygen atoms in total. The molecule has 2 amide bonds. The maximum absolute atomic E-state index is 13.2. The zero-order valence-corrected chi connectivity index (χ0v) is 17.4. The number of amides is 2. The molecule has 2 fully saturated rings. The van der Waals surface area contributed by atoms with Gasteiger partial charge in [0, 0.05) is 32.0 Å². The van der Waals surface area contributed by atoms with Crippen LogP contribution in [0.5, 0.6) is 0 Å². The van der Waals surface area contributed by atoms with Crippen molar-refractivity contribution in [1.29, 1.82) is 0 Å². The largest absolute Gasteiger partial charge is 0.337 e. The molecule has 0 unspecified atom stereocenters. The Hall–Kier alpha value is -1.43. The quantitative estimate of drug-likeness (QED) is 0.786. The van der Waals surface area contributed by atoms with Crippen LogP contribution in [0.2, 0.25) is 0 Å². The van der Waals surface area contributed by atoms with Gasteiger partial charge in [0.05, 0.1) is 16.7 Å². The maximum Gasteiger partial charge on any atom is 0.265 e. The van der Waals surface area contributed by atoms with Crippen molar-refractivity contribution in [1.82, 2.24) is 14.8 Å². The van der Waals surface area contributed by atoms with Gasteiger partial charge in [-0.3, -0.25) is 9.59 Å². The van der Waals surface area contributed by atoms with Gasteiger partial charge in [-0.2, -0.15) is 0 Å². The van der Waals surface area contributed by atoms with Gasteiger partial charge in [0.2, 0.25) is 5.91 Å². The number of hydrogen-bond donors (Lipinski definition) is 0. The van der Waals surface area contributed by atoms with Crippen LogP contribution in [0.3, 0.4) is 0 Å². The van der Waals surface area contributed by atoms with Crippen LogP contribution in [-0.4, -0.2) is 52.3 Å². The van der Waals surface area contributed by atoms with Crippen molar-refractivity contribution in [3.63, 3.8) is 0 Å². The zero-order valence-electron chi connectivity index (χ0n) is 16.6. The topological polar surface area (TPSA) is 53.5 Å². The van der Waals surface area contributed by atoms with E-state index in [0.29, 0.717) is 37.3 Å². The monoisotopic (exact) mass is 377 g/mol. The first-order chi connectivity index (χ1) is 12.3. The van der Waals surface area contributed by atoms with Gasteiger partial charge < -0.3 is 9.80 Å². The standard InChI is InChI=1S/C20H31N3O2S/c1-12(2)16-11-22(9-8-17(24)23(16)10-15-6-7-15)20(25)18-14(5)21-19(26-18)13(3)4/h12-13,15-16H,6-11H2,1-5H3/t16-/m0/s1. The summed E-state index contributed by atoms with van der Waals surface area (Å²) in [5.74, 6) is 1.57. The Kier molecular flexibility index (Phi) is 5.70. The summed E-state index contributed by atoms with van der Waals surface area (Å²) < 4.78 is 0. The van der Waals surface area contributed by atoms with Crippen LogP contribution in [0, 0.1) is 18.8 Å². The van der Waals surface area contributed by atoms with E-state index in [2.05, 4.69) is 37.6 Å². The first kappa shape index (κ1) is 19.3. The third kappa shape index (κ3) is 4.11. The molecule has 1 aliphatic heterocycles. The fraction of sp³-hybridized carbons (Fsp3) is 0.750. The Morgan fingerprint density at radius 1 is 1.27 bits per heavy atom. The van der Waals surface area contributed by atoms with Gasteiger partial charge in [-0.1, -0.05) is 27.7 Å². The van der Waals surface area contributed by atoms with Crippen LogP contribution < -0.4 is 0 Å². The molecule has 26 heavy (non-hydrogen) atoms. The molecule has 1 saturated heterocycles. The lowest BCUT2D eigenvalue weighted by molar-refractivity contribution is -0.133. The summed E-state index contributed by atoms with van der Waals surface area (Å²) in [6, 6.07) is 0.104. The second-order valence-electron chi connectivity index (χ2n) is 8.42. The number of aromatic nitrogens is 1. The van der Waals surface area contributed by atoms with Crippen LogP contribution in [0.1, 0.15) is 73.2 Å². The molecule has 1 atom stereocenters. The molecule has 1 aliphatic carbocycles. The van der Waals surface area contributed by atoms with Crippen molar-refractivity contribution in [2.24, 2.45) is 11.8 Å². The lowest BCUT2D eigenvalue weighted by atomic mass is 10.0. The maximum atomic E-state index is 13.2. The number of hydrogen-bond acceptors (Lipinski definition) is 4. The van der Waals surface area contributed by atoms with Crippen LogP contribution in [0.15, 0.2) is 0 Å². The summed E-state index contributed by atoms with van der Waals surface area (Å²) in [7, 11) is 0. The van der Waals surface area contributed by atoms with E-state index in [-0.39, 0.29) is 17.9 Å². The highest BCUT2D eigenvalue weighted by Crippen LogP contribution is 2.33. The molecular weight excluding hydrogens is 346 g/mol. The van der Waals surface area contributed by atoms with Crippen LogP contribution in [0.25, 0.3) is 0 Å². The molecule has 0 aromatic carbocycles. The molecule has 2 heterocycles. The molecule has 1 aromatic rings. The highest BCUT2D eigenvalue weighted by Gasteiger charge is 2.37. The van der Waals surface area contributed by atoms with Crippen LogP contribution in [0.4, 0.5) is 0 Å². The molecule has 6 heteroatoms. The summed E-state index contributed by atoms with van der Waals surface area (Å²) in [5.41, 5.74) is 0.815. The average molecular weight is 378 g/mol. The van der Waals surface area contributed by atoms with E-state index < -0.39 is 0 Å². The lowest BCUT2D eigenvalue weighted by Gasteiger charge is -2.34. The Balaban J connectivity index is 1.81. The molecule has 2 aliphatic rings. The van der Waals surface area contributed by atoms with Gasteiger partial charge in [0.1, 0.15) is 4.88 Å². The van der Waals surface area contributed by atoms with E-state index in [1.807, 2.05) is 11.8 Å². The van der Waals surface area contributed by atoms with E-state index in [1.165, 1.54) is 24.2 Å². The van der Waals surface area contributed by atoms with Gasteiger partial charge in [0.25, 0.3) is 5.91 Å².